The molecule has 2 heterocycles. The highest BCUT2D eigenvalue weighted by Crippen LogP contribution is 2.30. The van der Waals surface area contributed by atoms with Gasteiger partial charge in [0.1, 0.15) is 11.6 Å². The Kier molecular flexibility index (Phi) is 4.61. The predicted octanol–water partition coefficient (Wildman–Crippen LogP) is 4.18. The number of benzene rings is 2. The molecule has 0 spiro atoms. The smallest absolute Gasteiger partial charge is 0.232 e. The largest absolute Gasteiger partial charge is 0.339 e. The molecule has 0 saturated carbocycles. The van der Waals surface area contributed by atoms with E-state index in [-0.39, 0.29) is 24.8 Å². The third kappa shape index (κ3) is 3.83. The molecule has 1 aliphatic heterocycles. The molecule has 0 radical (unpaired) electrons. The Bertz CT molecular complexity index is 988. The lowest BCUT2D eigenvalue weighted by Crippen LogP contribution is -2.24. The molecule has 2 aromatic carbocycles. The van der Waals surface area contributed by atoms with Crippen LogP contribution in [0.4, 0.5) is 8.78 Å². The standard InChI is InChI=1S/C19H14ClF2N3O2/c20-14-3-1-2-12(6-14)18-23-19(27-24-18)13-7-17(26)25(10-13)9-11-4-15(21)8-16(22)5-11/h1-6,8,13H,7,9-10H2. The van der Waals surface area contributed by atoms with Crippen LogP contribution in [0.5, 0.6) is 0 Å². The van der Waals surface area contributed by atoms with Gasteiger partial charge in [-0.3, -0.25) is 4.79 Å². The van der Waals surface area contributed by atoms with Gasteiger partial charge in [-0.2, -0.15) is 4.98 Å². The van der Waals surface area contributed by atoms with Gasteiger partial charge in [0, 0.05) is 36.2 Å². The number of halogens is 3. The van der Waals surface area contributed by atoms with E-state index in [9.17, 15) is 13.6 Å². The van der Waals surface area contributed by atoms with Crippen LogP contribution in [-0.2, 0) is 11.3 Å². The van der Waals surface area contributed by atoms with Crippen molar-refractivity contribution in [2.75, 3.05) is 6.54 Å². The SMILES string of the molecule is O=C1CC(c2nc(-c3cccc(Cl)c3)no2)CN1Cc1cc(F)cc(F)c1. The molecule has 1 atom stereocenters. The van der Waals surface area contributed by atoms with E-state index in [1.54, 1.807) is 18.2 Å². The third-order valence-electron chi connectivity index (χ3n) is 4.38. The molecule has 1 unspecified atom stereocenters. The number of rotatable bonds is 4. The van der Waals surface area contributed by atoms with Crippen LogP contribution >= 0.6 is 11.6 Å². The highest BCUT2D eigenvalue weighted by molar-refractivity contribution is 6.30. The predicted molar refractivity (Wildman–Crippen MR) is 93.9 cm³/mol. The second-order valence-electron chi connectivity index (χ2n) is 6.42. The Hall–Kier alpha value is -2.80. The summed E-state index contributed by atoms with van der Waals surface area (Å²) in [7, 11) is 0. The minimum atomic E-state index is -0.670. The third-order valence-corrected chi connectivity index (χ3v) is 4.62. The van der Waals surface area contributed by atoms with E-state index in [0.29, 0.717) is 34.4 Å². The molecule has 0 aliphatic carbocycles. The van der Waals surface area contributed by atoms with Crippen molar-refractivity contribution in [3.63, 3.8) is 0 Å². The van der Waals surface area contributed by atoms with Crippen molar-refractivity contribution in [1.29, 1.82) is 0 Å². The molecule has 1 fully saturated rings. The summed E-state index contributed by atoms with van der Waals surface area (Å²) in [5, 5.41) is 4.51. The number of carbonyl (C=O) groups excluding carboxylic acids is 1. The Morgan fingerprint density at radius 2 is 1.96 bits per heavy atom. The van der Waals surface area contributed by atoms with Crippen LogP contribution in [0.3, 0.4) is 0 Å². The van der Waals surface area contributed by atoms with Gasteiger partial charge in [-0.1, -0.05) is 28.9 Å². The van der Waals surface area contributed by atoms with E-state index in [4.69, 9.17) is 16.1 Å². The number of amides is 1. The number of hydrogen-bond donors (Lipinski definition) is 0. The average molecular weight is 390 g/mol. The monoisotopic (exact) mass is 389 g/mol. The minimum Gasteiger partial charge on any atom is -0.339 e. The highest BCUT2D eigenvalue weighted by atomic mass is 35.5. The summed E-state index contributed by atoms with van der Waals surface area (Å²) in [6.07, 6.45) is 0.203. The molecule has 1 amide bonds. The summed E-state index contributed by atoms with van der Waals surface area (Å²) < 4.78 is 32.0. The fourth-order valence-corrected chi connectivity index (χ4v) is 3.35. The maximum absolute atomic E-state index is 13.3. The van der Waals surface area contributed by atoms with Gasteiger partial charge >= 0.3 is 0 Å². The van der Waals surface area contributed by atoms with E-state index in [1.807, 2.05) is 6.07 Å². The maximum atomic E-state index is 13.3. The number of aromatic nitrogens is 2. The molecule has 3 aromatic rings. The van der Waals surface area contributed by atoms with Crippen LogP contribution in [-0.4, -0.2) is 27.5 Å². The van der Waals surface area contributed by atoms with Crippen molar-refractivity contribution in [1.82, 2.24) is 15.0 Å². The van der Waals surface area contributed by atoms with E-state index in [1.165, 1.54) is 17.0 Å². The minimum absolute atomic E-state index is 0.124. The van der Waals surface area contributed by atoms with Gasteiger partial charge in [0.05, 0.1) is 5.92 Å². The fourth-order valence-electron chi connectivity index (χ4n) is 3.16. The summed E-state index contributed by atoms with van der Waals surface area (Å²) in [5.41, 5.74) is 1.11. The van der Waals surface area contributed by atoms with Crippen LogP contribution in [0, 0.1) is 11.6 Å². The lowest BCUT2D eigenvalue weighted by atomic mass is 10.1. The molecule has 1 aliphatic rings. The van der Waals surface area contributed by atoms with Crippen molar-refractivity contribution in [2.45, 2.75) is 18.9 Å². The van der Waals surface area contributed by atoms with Crippen LogP contribution < -0.4 is 0 Å². The molecule has 8 heteroatoms. The Balaban J connectivity index is 1.49. The topological polar surface area (TPSA) is 59.2 Å². The lowest BCUT2D eigenvalue weighted by molar-refractivity contribution is -0.128. The van der Waals surface area contributed by atoms with Gasteiger partial charge in [0.25, 0.3) is 0 Å². The Morgan fingerprint density at radius 1 is 1.19 bits per heavy atom. The van der Waals surface area contributed by atoms with Crippen molar-refractivity contribution in [3.05, 3.63) is 70.6 Å². The van der Waals surface area contributed by atoms with Crippen molar-refractivity contribution in [3.8, 4) is 11.4 Å². The van der Waals surface area contributed by atoms with Gasteiger partial charge in [-0.05, 0) is 29.8 Å². The summed E-state index contributed by atoms with van der Waals surface area (Å²) in [4.78, 5) is 18.2. The van der Waals surface area contributed by atoms with Crippen LogP contribution in [0.15, 0.2) is 47.0 Å². The van der Waals surface area contributed by atoms with Crippen LogP contribution in [0.1, 0.15) is 23.8 Å². The zero-order valence-electron chi connectivity index (χ0n) is 14.0. The van der Waals surface area contributed by atoms with E-state index < -0.39 is 11.6 Å². The molecule has 1 aromatic heterocycles. The van der Waals surface area contributed by atoms with Crippen molar-refractivity contribution in [2.24, 2.45) is 0 Å². The van der Waals surface area contributed by atoms with E-state index >= 15 is 0 Å². The Labute approximate surface area is 158 Å². The maximum Gasteiger partial charge on any atom is 0.232 e. The second-order valence-corrected chi connectivity index (χ2v) is 6.86. The molecule has 5 nitrogen and oxygen atoms in total. The number of carbonyl (C=O) groups is 1. The molecule has 138 valence electrons. The normalized spacial score (nSPS) is 16.9. The van der Waals surface area contributed by atoms with Crippen molar-refractivity contribution >= 4 is 17.5 Å². The summed E-state index contributed by atoms with van der Waals surface area (Å²) in [5.74, 6) is -0.993. The highest BCUT2D eigenvalue weighted by Gasteiger charge is 2.34. The first-order chi connectivity index (χ1) is 13.0. The van der Waals surface area contributed by atoms with Gasteiger partial charge in [0.15, 0.2) is 0 Å². The molecule has 4 rings (SSSR count). The number of hydrogen-bond acceptors (Lipinski definition) is 4. The summed E-state index contributed by atoms with van der Waals surface area (Å²) in [6, 6.07) is 10.3. The lowest BCUT2D eigenvalue weighted by Gasteiger charge is -2.16. The van der Waals surface area contributed by atoms with Gasteiger partial charge < -0.3 is 9.42 Å². The first kappa shape index (κ1) is 17.6. The van der Waals surface area contributed by atoms with Crippen LogP contribution in [0.2, 0.25) is 5.02 Å². The van der Waals surface area contributed by atoms with Gasteiger partial charge in [-0.25, -0.2) is 8.78 Å². The van der Waals surface area contributed by atoms with E-state index in [2.05, 4.69) is 10.1 Å². The summed E-state index contributed by atoms with van der Waals surface area (Å²) >= 11 is 5.98. The first-order valence-corrected chi connectivity index (χ1v) is 8.68. The number of likely N-dealkylation sites (tertiary alicyclic amines) is 1. The molecular formula is C19H14ClF2N3O2. The molecule has 27 heavy (non-hydrogen) atoms. The summed E-state index contributed by atoms with van der Waals surface area (Å²) in [6.45, 7) is 0.466. The quantitative estimate of drug-likeness (QED) is 0.671. The van der Waals surface area contributed by atoms with Crippen molar-refractivity contribution < 1.29 is 18.1 Å². The molecule has 0 bridgehead atoms. The zero-order chi connectivity index (χ0) is 19.0. The van der Waals surface area contributed by atoms with Gasteiger partial charge in [0.2, 0.25) is 17.6 Å². The van der Waals surface area contributed by atoms with Crippen LogP contribution in [0.25, 0.3) is 11.4 Å². The Morgan fingerprint density at radius 3 is 2.70 bits per heavy atom. The fraction of sp³-hybridized carbons (Fsp3) is 0.211. The van der Waals surface area contributed by atoms with E-state index in [0.717, 1.165) is 6.07 Å². The first-order valence-electron chi connectivity index (χ1n) is 8.30. The average Bonchev–Trinajstić information content (AvgIpc) is 3.22. The van der Waals surface area contributed by atoms with Gasteiger partial charge in [-0.15, -0.1) is 0 Å². The molecule has 0 N–H and O–H groups in total. The molecule has 1 saturated heterocycles. The number of nitrogens with zero attached hydrogens (tertiary/aromatic N) is 3. The zero-order valence-corrected chi connectivity index (χ0v) is 14.8. The second kappa shape index (κ2) is 7.08. The molecular weight excluding hydrogens is 376 g/mol.